The maximum absolute atomic E-state index is 13.0. The monoisotopic (exact) mass is 455 g/mol. The molecule has 2 saturated heterocycles. The summed E-state index contributed by atoms with van der Waals surface area (Å²) in [5.41, 5.74) is 1.20. The van der Waals surface area contributed by atoms with Crippen LogP contribution in [0.4, 0.5) is 5.95 Å². The second kappa shape index (κ2) is 10.3. The molecule has 8 heteroatoms. The third-order valence-electron chi connectivity index (χ3n) is 7.14. The average Bonchev–Trinajstić information content (AvgIpc) is 3.25. The van der Waals surface area contributed by atoms with Crippen molar-refractivity contribution in [2.75, 3.05) is 50.0 Å². The summed E-state index contributed by atoms with van der Waals surface area (Å²) >= 11 is 1.52. The molecule has 2 aromatic rings. The Kier molecular flexibility index (Phi) is 6.97. The normalized spacial score (nSPS) is 23.8. The predicted octanol–water partition coefficient (Wildman–Crippen LogP) is 3.29. The number of carbonyl (C=O) groups excluding carboxylic acids is 1. The predicted molar refractivity (Wildman–Crippen MR) is 126 cm³/mol. The minimum Gasteiger partial charge on any atom is -0.378 e. The van der Waals surface area contributed by atoms with Crippen molar-refractivity contribution in [3.8, 4) is 0 Å². The molecular formula is C24H33N5O2S. The fraction of sp³-hybridized carbons (Fsp3) is 0.625. The van der Waals surface area contributed by atoms with Crippen LogP contribution < -0.4 is 4.90 Å². The van der Waals surface area contributed by atoms with E-state index in [1.807, 2.05) is 6.07 Å². The van der Waals surface area contributed by atoms with Crippen molar-refractivity contribution in [2.45, 2.75) is 43.8 Å². The van der Waals surface area contributed by atoms with Gasteiger partial charge in [0.25, 0.3) is 0 Å². The van der Waals surface area contributed by atoms with Gasteiger partial charge in [0.05, 0.1) is 25.5 Å². The highest BCUT2D eigenvalue weighted by atomic mass is 32.2. The van der Waals surface area contributed by atoms with E-state index >= 15 is 0 Å². The molecule has 0 N–H and O–H groups in total. The van der Waals surface area contributed by atoms with Gasteiger partial charge in [-0.15, -0.1) is 10.2 Å². The number of morpholine rings is 1. The average molecular weight is 456 g/mol. The van der Waals surface area contributed by atoms with Gasteiger partial charge in [0, 0.05) is 26.2 Å². The number of hydrogen-bond donors (Lipinski definition) is 0. The molecule has 0 spiro atoms. The quantitative estimate of drug-likeness (QED) is 0.623. The molecule has 1 aromatic carbocycles. The molecular weight excluding hydrogens is 422 g/mol. The van der Waals surface area contributed by atoms with Crippen molar-refractivity contribution < 1.29 is 9.53 Å². The van der Waals surface area contributed by atoms with E-state index in [0.29, 0.717) is 31.4 Å². The van der Waals surface area contributed by atoms with Crippen LogP contribution in [-0.2, 0) is 16.1 Å². The SMILES string of the molecule is O=C(CSc1nnc(N2CCOCC2)n1Cc1ccccc1)N1CCC2CCCCC2C1. The van der Waals surface area contributed by atoms with Gasteiger partial charge in [-0.3, -0.25) is 9.36 Å². The Morgan fingerprint density at radius 2 is 1.78 bits per heavy atom. The van der Waals surface area contributed by atoms with Gasteiger partial charge >= 0.3 is 0 Å². The fourth-order valence-electron chi connectivity index (χ4n) is 5.33. The van der Waals surface area contributed by atoms with Crippen LogP contribution in [0.1, 0.15) is 37.7 Å². The van der Waals surface area contributed by atoms with Crippen LogP contribution in [0.3, 0.4) is 0 Å². The first-order valence-electron chi connectivity index (χ1n) is 12.0. The number of piperidine rings is 1. The number of aromatic nitrogens is 3. The van der Waals surface area contributed by atoms with E-state index < -0.39 is 0 Å². The van der Waals surface area contributed by atoms with Crippen LogP contribution in [-0.4, -0.2) is 70.7 Å². The number of thioether (sulfide) groups is 1. The largest absolute Gasteiger partial charge is 0.378 e. The Morgan fingerprint density at radius 3 is 2.59 bits per heavy atom. The van der Waals surface area contributed by atoms with E-state index in [4.69, 9.17) is 4.74 Å². The fourth-order valence-corrected chi connectivity index (χ4v) is 6.17. The van der Waals surface area contributed by atoms with E-state index in [1.54, 1.807) is 0 Å². The first-order valence-corrected chi connectivity index (χ1v) is 13.0. The number of anilines is 1. The van der Waals surface area contributed by atoms with Gasteiger partial charge in [0.1, 0.15) is 0 Å². The van der Waals surface area contributed by atoms with Crippen LogP contribution in [0.5, 0.6) is 0 Å². The molecule has 3 fully saturated rings. The summed E-state index contributed by atoms with van der Waals surface area (Å²) in [4.78, 5) is 17.4. The van der Waals surface area contributed by atoms with E-state index in [0.717, 1.165) is 43.2 Å². The molecule has 7 nitrogen and oxygen atoms in total. The second-order valence-electron chi connectivity index (χ2n) is 9.18. The third kappa shape index (κ3) is 4.96. The van der Waals surface area contributed by atoms with Gasteiger partial charge < -0.3 is 14.5 Å². The second-order valence-corrected chi connectivity index (χ2v) is 10.1. The third-order valence-corrected chi connectivity index (χ3v) is 8.09. The number of hydrogen-bond acceptors (Lipinski definition) is 6. The molecule has 3 heterocycles. The summed E-state index contributed by atoms with van der Waals surface area (Å²) in [6, 6.07) is 10.4. The Bertz CT molecular complexity index is 899. The number of nitrogens with zero attached hydrogens (tertiary/aromatic N) is 5. The lowest BCUT2D eigenvalue weighted by Gasteiger charge is -2.41. The lowest BCUT2D eigenvalue weighted by molar-refractivity contribution is -0.131. The Balaban J connectivity index is 1.27. The Morgan fingerprint density at radius 1 is 1.00 bits per heavy atom. The number of carbonyl (C=O) groups is 1. The Hall–Kier alpha value is -2.06. The van der Waals surface area contributed by atoms with Crippen molar-refractivity contribution in [2.24, 2.45) is 11.8 Å². The number of likely N-dealkylation sites (tertiary alicyclic amines) is 1. The molecule has 1 saturated carbocycles. The Labute approximate surface area is 194 Å². The van der Waals surface area contributed by atoms with Crippen LogP contribution in [0, 0.1) is 11.8 Å². The summed E-state index contributed by atoms with van der Waals surface area (Å²) in [7, 11) is 0. The van der Waals surface area contributed by atoms with Gasteiger partial charge in [-0.05, 0) is 30.2 Å². The number of fused-ring (bicyclic) bond motifs is 1. The summed E-state index contributed by atoms with van der Waals surface area (Å²) in [6.07, 6.45) is 6.51. The van der Waals surface area contributed by atoms with E-state index in [1.165, 1.54) is 49.4 Å². The van der Waals surface area contributed by atoms with E-state index in [-0.39, 0.29) is 5.91 Å². The topological polar surface area (TPSA) is 63.5 Å². The highest BCUT2D eigenvalue weighted by Crippen LogP contribution is 2.36. The maximum atomic E-state index is 13.0. The minimum absolute atomic E-state index is 0.237. The minimum atomic E-state index is 0.237. The molecule has 1 amide bonds. The molecule has 1 aliphatic carbocycles. The molecule has 2 aliphatic heterocycles. The molecule has 0 bridgehead atoms. The highest BCUT2D eigenvalue weighted by molar-refractivity contribution is 7.99. The molecule has 2 atom stereocenters. The molecule has 3 aliphatic rings. The first kappa shape index (κ1) is 21.8. The first-order chi connectivity index (χ1) is 15.8. The number of rotatable bonds is 6. The van der Waals surface area contributed by atoms with Gasteiger partial charge in [-0.2, -0.15) is 0 Å². The zero-order valence-electron chi connectivity index (χ0n) is 18.7. The van der Waals surface area contributed by atoms with Crippen molar-refractivity contribution in [3.63, 3.8) is 0 Å². The zero-order valence-corrected chi connectivity index (χ0v) is 19.5. The van der Waals surface area contributed by atoms with Crippen molar-refractivity contribution in [3.05, 3.63) is 35.9 Å². The molecule has 2 unspecified atom stereocenters. The van der Waals surface area contributed by atoms with Crippen LogP contribution >= 0.6 is 11.8 Å². The van der Waals surface area contributed by atoms with Gasteiger partial charge in [0.15, 0.2) is 5.16 Å². The molecule has 172 valence electrons. The molecule has 1 aromatic heterocycles. The van der Waals surface area contributed by atoms with Gasteiger partial charge in [-0.1, -0.05) is 61.4 Å². The maximum Gasteiger partial charge on any atom is 0.233 e. The number of amides is 1. The van der Waals surface area contributed by atoms with Crippen molar-refractivity contribution >= 4 is 23.6 Å². The highest BCUT2D eigenvalue weighted by Gasteiger charge is 2.33. The zero-order chi connectivity index (χ0) is 21.8. The molecule has 32 heavy (non-hydrogen) atoms. The van der Waals surface area contributed by atoms with Gasteiger partial charge in [-0.25, -0.2) is 0 Å². The van der Waals surface area contributed by atoms with Crippen LogP contribution in [0.2, 0.25) is 0 Å². The molecule has 5 rings (SSSR count). The lowest BCUT2D eigenvalue weighted by atomic mass is 9.75. The van der Waals surface area contributed by atoms with Crippen LogP contribution in [0.25, 0.3) is 0 Å². The van der Waals surface area contributed by atoms with E-state index in [9.17, 15) is 4.79 Å². The summed E-state index contributed by atoms with van der Waals surface area (Å²) in [5, 5.41) is 9.83. The van der Waals surface area contributed by atoms with Gasteiger partial charge in [0.2, 0.25) is 11.9 Å². The summed E-state index contributed by atoms with van der Waals surface area (Å²) < 4.78 is 7.67. The lowest BCUT2D eigenvalue weighted by Crippen LogP contribution is -2.45. The summed E-state index contributed by atoms with van der Waals surface area (Å²) in [6.45, 7) is 5.59. The summed E-state index contributed by atoms with van der Waals surface area (Å²) in [5.74, 6) is 3.08. The van der Waals surface area contributed by atoms with Crippen molar-refractivity contribution in [1.82, 2.24) is 19.7 Å². The number of benzene rings is 1. The molecule has 0 radical (unpaired) electrons. The standard InChI is InChI=1S/C24H33N5O2S/c30-22(28-11-10-20-8-4-5-9-21(20)17-28)18-32-24-26-25-23(27-12-14-31-15-13-27)29(24)16-19-6-2-1-3-7-19/h1-3,6-7,20-21H,4-5,8-18H2. The smallest absolute Gasteiger partial charge is 0.233 e. The number of ether oxygens (including phenoxy) is 1. The van der Waals surface area contributed by atoms with Crippen LogP contribution in [0.15, 0.2) is 35.5 Å². The van der Waals surface area contributed by atoms with E-state index in [2.05, 4.69) is 48.8 Å². The van der Waals surface area contributed by atoms with Crippen molar-refractivity contribution in [1.29, 1.82) is 0 Å².